The van der Waals surface area contributed by atoms with Crippen molar-refractivity contribution in [3.8, 4) is 0 Å². The van der Waals surface area contributed by atoms with E-state index >= 15 is 0 Å². The first-order valence-corrected chi connectivity index (χ1v) is 10.6. The number of halogens is 1. The molecule has 0 aromatic heterocycles. The van der Waals surface area contributed by atoms with Crippen LogP contribution in [0.25, 0.3) is 0 Å². The molecule has 4 nitrogen and oxygen atoms in total. The van der Waals surface area contributed by atoms with E-state index in [1.165, 1.54) is 12.8 Å². The molecule has 0 fully saturated rings. The Hall–Kier alpha value is 0.0300. The average molecular weight is 368 g/mol. The molecule has 0 heterocycles. The molecule has 23 heavy (non-hydrogen) atoms. The molecular formula is C17H34ClNO3S. The van der Waals surface area contributed by atoms with E-state index in [9.17, 15) is 4.79 Å². The van der Waals surface area contributed by atoms with Gasteiger partial charge >= 0.3 is 5.97 Å². The van der Waals surface area contributed by atoms with Gasteiger partial charge in [0.2, 0.25) is 0 Å². The predicted octanol–water partition coefficient (Wildman–Crippen LogP) is 3.72. The van der Waals surface area contributed by atoms with Gasteiger partial charge in [0, 0.05) is 18.2 Å². The van der Waals surface area contributed by atoms with Crippen LogP contribution in [0.4, 0.5) is 0 Å². The van der Waals surface area contributed by atoms with Crippen LogP contribution in [0, 0.1) is 0 Å². The molecular weight excluding hydrogens is 334 g/mol. The fraction of sp³-hybridized carbons (Fsp3) is 0.941. The highest BCUT2D eigenvalue weighted by atomic mass is 35.5. The van der Waals surface area contributed by atoms with Crippen molar-refractivity contribution in [1.29, 1.82) is 0 Å². The molecule has 0 aliphatic carbocycles. The summed E-state index contributed by atoms with van der Waals surface area (Å²) in [6, 6.07) is -0.509. The number of aliphatic hydroxyl groups excluding tert-OH is 1. The summed E-state index contributed by atoms with van der Waals surface area (Å²) in [7, 11) is 0. The van der Waals surface area contributed by atoms with Crippen molar-refractivity contribution in [3.63, 3.8) is 0 Å². The summed E-state index contributed by atoms with van der Waals surface area (Å²) in [4.78, 5) is 11.7. The van der Waals surface area contributed by atoms with Gasteiger partial charge in [0.15, 0.2) is 0 Å². The van der Waals surface area contributed by atoms with E-state index in [1.54, 1.807) is 11.8 Å². The van der Waals surface area contributed by atoms with Crippen molar-refractivity contribution in [3.05, 3.63) is 0 Å². The summed E-state index contributed by atoms with van der Waals surface area (Å²) in [6.45, 7) is 0.766. The highest BCUT2D eigenvalue weighted by molar-refractivity contribution is 7.99. The molecule has 6 heteroatoms. The van der Waals surface area contributed by atoms with Crippen LogP contribution >= 0.6 is 23.4 Å². The first kappa shape index (κ1) is 23.0. The maximum Gasteiger partial charge on any atom is 0.323 e. The van der Waals surface area contributed by atoms with Crippen LogP contribution in [0.15, 0.2) is 0 Å². The van der Waals surface area contributed by atoms with E-state index in [-0.39, 0.29) is 5.97 Å². The highest BCUT2D eigenvalue weighted by Crippen LogP contribution is 2.10. The summed E-state index contributed by atoms with van der Waals surface area (Å²) in [5.74, 6) is 2.11. The zero-order valence-electron chi connectivity index (χ0n) is 14.3. The molecule has 0 saturated carbocycles. The van der Waals surface area contributed by atoms with Crippen LogP contribution in [-0.4, -0.2) is 47.7 Å². The van der Waals surface area contributed by atoms with Crippen molar-refractivity contribution in [1.82, 2.24) is 0 Å². The Balaban J connectivity index is 3.35. The number of nitrogens with two attached hydrogens (primary N) is 1. The molecule has 0 aromatic rings. The molecule has 0 aliphatic rings. The SMILES string of the molecule is N[C@@H](CSCCCCCCCO)C(=O)OCCCCCCCCl. The number of thioether (sulfide) groups is 1. The van der Waals surface area contributed by atoms with E-state index in [0.717, 1.165) is 63.0 Å². The minimum absolute atomic E-state index is 0.277. The first-order chi connectivity index (χ1) is 11.2. The number of unbranched alkanes of at least 4 members (excludes halogenated alkanes) is 8. The quantitative estimate of drug-likeness (QED) is 0.233. The van der Waals surface area contributed by atoms with Gasteiger partial charge in [0.1, 0.15) is 6.04 Å². The van der Waals surface area contributed by atoms with Gasteiger partial charge in [-0.15, -0.1) is 11.6 Å². The lowest BCUT2D eigenvalue weighted by Gasteiger charge is -2.11. The van der Waals surface area contributed by atoms with E-state index < -0.39 is 6.04 Å². The minimum Gasteiger partial charge on any atom is -0.465 e. The molecule has 3 N–H and O–H groups in total. The monoisotopic (exact) mass is 367 g/mol. The molecule has 138 valence electrons. The van der Waals surface area contributed by atoms with Crippen molar-refractivity contribution >= 4 is 29.3 Å². The molecule has 0 spiro atoms. The van der Waals surface area contributed by atoms with Crippen molar-refractivity contribution < 1.29 is 14.6 Å². The number of carbonyl (C=O) groups is 1. The van der Waals surface area contributed by atoms with E-state index in [4.69, 9.17) is 27.2 Å². The van der Waals surface area contributed by atoms with Crippen LogP contribution in [0.1, 0.15) is 64.2 Å². The highest BCUT2D eigenvalue weighted by Gasteiger charge is 2.14. The standard InChI is InChI=1S/C17H34ClNO3S/c18-11-7-3-1-5-9-13-22-17(21)16(19)15-23-14-10-6-2-4-8-12-20/h16,20H,1-15,19H2/t16-/m0/s1. The van der Waals surface area contributed by atoms with Crippen molar-refractivity contribution in [2.45, 2.75) is 70.3 Å². The number of esters is 1. The normalized spacial score (nSPS) is 12.3. The van der Waals surface area contributed by atoms with Crippen LogP contribution in [-0.2, 0) is 9.53 Å². The molecule has 0 rings (SSSR count). The first-order valence-electron chi connectivity index (χ1n) is 8.89. The molecule has 0 saturated heterocycles. The van der Waals surface area contributed by atoms with Gasteiger partial charge in [-0.05, 0) is 31.4 Å². The smallest absolute Gasteiger partial charge is 0.323 e. The Morgan fingerprint density at radius 2 is 1.61 bits per heavy atom. The van der Waals surface area contributed by atoms with Crippen LogP contribution in [0.2, 0.25) is 0 Å². The summed E-state index contributed by atoms with van der Waals surface area (Å²) < 4.78 is 5.21. The third kappa shape index (κ3) is 16.7. The lowest BCUT2D eigenvalue weighted by atomic mass is 10.2. The Morgan fingerprint density at radius 3 is 2.30 bits per heavy atom. The maximum absolute atomic E-state index is 11.7. The van der Waals surface area contributed by atoms with Gasteiger partial charge < -0.3 is 15.6 Å². The van der Waals surface area contributed by atoms with E-state index in [1.807, 2.05) is 0 Å². The van der Waals surface area contributed by atoms with Crippen LogP contribution in [0.3, 0.4) is 0 Å². The second-order valence-electron chi connectivity index (χ2n) is 5.80. The Bertz CT molecular complexity index is 270. The maximum atomic E-state index is 11.7. The second kappa shape index (κ2) is 18.4. The van der Waals surface area contributed by atoms with E-state index in [0.29, 0.717) is 19.0 Å². The number of carbonyl (C=O) groups excluding carboxylic acids is 1. The zero-order chi connectivity index (χ0) is 17.2. The molecule has 0 unspecified atom stereocenters. The van der Waals surface area contributed by atoms with Crippen molar-refractivity contribution in [2.24, 2.45) is 5.73 Å². The van der Waals surface area contributed by atoms with Gasteiger partial charge in [-0.1, -0.05) is 38.5 Å². The van der Waals surface area contributed by atoms with E-state index in [2.05, 4.69) is 0 Å². The molecule has 0 aliphatic heterocycles. The van der Waals surface area contributed by atoms with Gasteiger partial charge in [-0.3, -0.25) is 4.79 Å². The molecule has 1 atom stereocenters. The minimum atomic E-state index is -0.509. The molecule has 0 radical (unpaired) electrons. The van der Waals surface area contributed by atoms with Gasteiger partial charge in [0.25, 0.3) is 0 Å². The fourth-order valence-corrected chi connectivity index (χ4v) is 3.29. The zero-order valence-corrected chi connectivity index (χ0v) is 15.9. The largest absolute Gasteiger partial charge is 0.465 e. The van der Waals surface area contributed by atoms with Crippen LogP contribution < -0.4 is 5.73 Å². The lowest BCUT2D eigenvalue weighted by Crippen LogP contribution is -2.34. The third-order valence-corrected chi connectivity index (χ3v) is 5.01. The number of alkyl halides is 1. The number of hydrogen-bond acceptors (Lipinski definition) is 5. The Morgan fingerprint density at radius 1 is 1.00 bits per heavy atom. The molecule has 0 amide bonds. The lowest BCUT2D eigenvalue weighted by molar-refractivity contribution is -0.144. The number of aliphatic hydroxyl groups is 1. The molecule has 0 bridgehead atoms. The summed E-state index contributed by atoms with van der Waals surface area (Å²) in [5, 5.41) is 8.68. The fourth-order valence-electron chi connectivity index (χ4n) is 2.13. The van der Waals surface area contributed by atoms with Crippen LogP contribution in [0.5, 0.6) is 0 Å². The topological polar surface area (TPSA) is 72.5 Å². The number of hydrogen-bond donors (Lipinski definition) is 2. The molecule has 0 aromatic carbocycles. The number of rotatable bonds is 17. The van der Waals surface area contributed by atoms with Crippen molar-refractivity contribution in [2.75, 3.05) is 30.6 Å². The second-order valence-corrected chi connectivity index (χ2v) is 7.32. The van der Waals surface area contributed by atoms with Gasteiger partial charge in [-0.2, -0.15) is 11.8 Å². The summed E-state index contributed by atoms with van der Waals surface area (Å²) in [5.41, 5.74) is 5.84. The number of ether oxygens (including phenoxy) is 1. The third-order valence-electron chi connectivity index (χ3n) is 3.57. The predicted molar refractivity (Wildman–Crippen MR) is 100 cm³/mol. The van der Waals surface area contributed by atoms with Gasteiger partial charge in [0.05, 0.1) is 6.61 Å². The van der Waals surface area contributed by atoms with Gasteiger partial charge in [-0.25, -0.2) is 0 Å². The summed E-state index contributed by atoms with van der Waals surface area (Å²) >= 11 is 7.33. The summed E-state index contributed by atoms with van der Waals surface area (Å²) in [6.07, 6.45) is 10.8. The average Bonchev–Trinajstić information content (AvgIpc) is 2.56. The Labute approximate surface area is 150 Å². The Kier molecular flexibility index (Phi) is 18.4.